The van der Waals surface area contributed by atoms with Gasteiger partial charge in [-0.1, -0.05) is 57.8 Å². The third-order valence-electron chi connectivity index (χ3n) is 3.24. The van der Waals surface area contributed by atoms with Crippen LogP contribution in [0.15, 0.2) is 0 Å². The van der Waals surface area contributed by atoms with E-state index in [4.69, 9.17) is 11.6 Å². The van der Waals surface area contributed by atoms with Crippen molar-refractivity contribution in [1.29, 1.82) is 0 Å². The largest absolute Gasteiger partial charge is 0.309 e. The summed E-state index contributed by atoms with van der Waals surface area (Å²) in [5.41, 5.74) is 0. The normalized spacial score (nSPS) is 11.3. The average molecular weight is 262 g/mol. The number of nitrogens with zero attached hydrogens (tertiary/aromatic N) is 1. The zero-order chi connectivity index (χ0) is 12.8. The van der Waals surface area contributed by atoms with E-state index in [0.29, 0.717) is 0 Å². The smallest absolute Gasteiger partial charge is 0.0223 e. The molecule has 2 heteroatoms. The van der Waals surface area contributed by atoms with Gasteiger partial charge in [-0.15, -0.1) is 11.6 Å². The Labute approximate surface area is 114 Å². The van der Waals surface area contributed by atoms with Crippen molar-refractivity contribution >= 4 is 11.6 Å². The zero-order valence-corrected chi connectivity index (χ0v) is 12.8. The minimum absolute atomic E-state index is 0.840. The Kier molecular flexibility index (Phi) is 14.5. The van der Waals surface area contributed by atoms with Crippen LogP contribution < -0.4 is 0 Å². The van der Waals surface area contributed by atoms with Gasteiger partial charge in [0, 0.05) is 5.88 Å². The van der Waals surface area contributed by atoms with Crippen LogP contribution in [-0.4, -0.2) is 31.4 Å². The number of hydrogen-bond donors (Lipinski definition) is 0. The summed E-state index contributed by atoms with van der Waals surface area (Å²) in [6.07, 6.45) is 15.3. The number of rotatable bonds is 13. The second kappa shape index (κ2) is 14.3. The molecule has 0 aliphatic carbocycles. The second-order valence-corrected chi connectivity index (χ2v) is 5.76. The van der Waals surface area contributed by atoms with Gasteiger partial charge in [-0.25, -0.2) is 0 Å². The molecule has 0 spiro atoms. The molecule has 104 valence electrons. The van der Waals surface area contributed by atoms with E-state index in [1.165, 1.54) is 77.2 Å². The van der Waals surface area contributed by atoms with Crippen molar-refractivity contribution in [2.24, 2.45) is 0 Å². The first-order valence-corrected chi connectivity index (χ1v) is 8.01. The molecule has 0 aromatic carbocycles. The standard InChI is InChI=1S/C15H32ClN/c1-17(2)15-13-11-9-7-5-3-4-6-8-10-12-14-16/h3-15H2,1-2H3. The lowest BCUT2D eigenvalue weighted by Gasteiger charge is -2.08. The summed E-state index contributed by atoms with van der Waals surface area (Å²) < 4.78 is 0. The number of alkyl halides is 1. The van der Waals surface area contributed by atoms with E-state index in [1.807, 2.05) is 0 Å². The molecule has 0 fully saturated rings. The summed E-state index contributed by atoms with van der Waals surface area (Å²) in [5, 5.41) is 0. The molecule has 0 aliphatic rings. The van der Waals surface area contributed by atoms with E-state index in [-0.39, 0.29) is 0 Å². The molecule has 0 aromatic heterocycles. The summed E-state index contributed by atoms with van der Waals surface area (Å²) >= 11 is 5.64. The van der Waals surface area contributed by atoms with Crippen LogP contribution in [-0.2, 0) is 0 Å². The fraction of sp³-hybridized carbons (Fsp3) is 1.00. The topological polar surface area (TPSA) is 3.24 Å². The van der Waals surface area contributed by atoms with E-state index in [2.05, 4.69) is 19.0 Å². The second-order valence-electron chi connectivity index (χ2n) is 5.38. The van der Waals surface area contributed by atoms with Crippen molar-refractivity contribution < 1.29 is 0 Å². The lowest BCUT2D eigenvalue weighted by molar-refractivity contribution is 0.389. The molecule has 0 heterocycles. The Morgan fingerprint density at radius 3 is 1.29 bits per heavy atom. The van der Waals surface area contributed by atoms with E-state index in [0.717, 1.165) is 5.88 Å². The van der Waals surface area contributed by atoms with E-state index in [1.54, 1.807) is 0 Å². The van der Waals surface area contributed by atoms with Gasteiger partial charge in [0.15, 0.2) is 0 Å². The van der Waals surface area contributed by atoms with Gasteiger partial charge in [0.25, 0.3) is 0 Å². The molecule has 0 N–H and O–H groups in total. The number of hydrogen-bond acceptors (Lipinski definition) is 1. The van der Waals surface area contributed by atoms with Gasteiger partial charge in [-0.05, 0) is 33.5 Å². The minimum Gasteiger partial charge on any atom is -0.309 e. The number of halogens is 1. The highest BCUT2D eigenvalue weighted by molar-refractivity contribution is 6.17. The Morgan fingerprint density at radius 1 is 0.588 bits per heavy atom. The first-order valence-electron chi connectivity index (χ1n) is 7.48. The molecule has 0 amide bonds. The predicted molar refractivity (Wildman–Crippen MR) is 80.1 cm³/mol. The van der Waals surface area contributed by atoms with Gasteiger partial charge in [0.05, 0.1) is 0 Å². The monoisotopic (exact) mass is 261 g/mol. The molecule has 1 nitrogen and oxygen atoms in total. The summed E-state index contributed by atoms with van der Waals surface area (Å²) in [4.78, 5) is 2.28. The molecule has 0 aromatic rings. The summed E-state index contributed by atoms with van der Waals surface area (Å²) in [5.74, 6) is 0.840. The van der Waals surface area contributed by atoms with Crippen LogP contribution in [0.25, 0.3) is 0 Å². The molecule has 0 bridgehead atoms. The highest BCUT2D eigenvalue weighted by Gasteiger charge is 1.94. The van der Waals surface area contributed by atoms with E-state index in [9.17, 15) is 0 Å². The first kappa shape index (κ1) is 17.2. The predicted octanol–water partition coefficient (Wildman–Crippen LogP) is 5.08. The van der Waals surface area contributed by atoms with Crippen molar-refractivity contribution in [3.63, 3.8) is 0 Å². The summed E-state index contributed by atoms with van der Waals surface area (Å²) in [6.45, 7) is 1.25. The highest BCUT2D eigenvalue weighted by atomic mass is 35.5. The summed E-state index contributed by atoms with van der Waals surface area (Å²) in [7, 11) is 4.31. The van der Waals surface area contributed by atoms with Gasteiger partial charge in [0.2, 0.25) is 0 Å². The maximum Gasteiger partial charge on any atom is 0.0223 e. The molecule has 0 radical (unpaired) electrons. The van der Waals surface area contributed by atoms with Crippen molar-refractivity contribution in [3.8, 4) is 0 Å². The highest BCUT2D eigenvalue weighted by Crippen LogP contribution is 2.11. The quantitative estimate of drug-likeness (QED) is 0.330. The Morgan fingerprint density at radius 2 is 0.941 bits per heavy atom. The Hall–Kier alpha value is 0.250. The van der Waals surface area contributed by atoms with Crippen LogP contribution in [0.2, 0.25) is 0 Å². The third kappa shape index (κ3) is 16.2. The molecule has 0 aliphatic heterocycles. The molecule has 0 unspecified atom stereocenters. The third-order valence-corrected chi connectivity index (χ3v) is 3.51. The van der Waals surface area contributed by atoms with Crippen molar-refractivity contribution in [2.45, 2.75) is 70.6 Å². The minimum atomic E-state index is 0.840. The molecular weight excluding hydrogens is 230 g/mol. The fourth-order valence-electron chi connectivity index (χ4n) is 2.11. The molecule has 17 heavy (non-hydrogen) atoms. The van der Waals surface area contributed by atoms with Crippen LogP contribution in [0.3, 0.4) is 0 Å². The molecule has 0 saturated carbocycles. The molecule has 0 saturated heterocycles. The van der Waals surface area contributed by atoms with Crippen molar-refractivity contribution in [1.82, 2.24) is 4.90 Å². The maximum atomic E-state index is 5.64. The van der Waals surface area contributed by atoms with Crippen molar-refractivity contribution in [3.05, 3.63) is 0 Å². The lowest BCUT2D eigenvalue weighted by atomic mass is 10.1. The SMILES string of the molecule is CN(C)CCCCCCCCCCCCCCl. The van der Waals surface area contributed by atoms with Crippen LogP contribution in [0.1, 0.15) is 70.6 Å². The summed E-state index contributed by atoms with van der Waals surface area (Å²) in [6, 6.07) is 0. The Balaban J connectivity index is 2.89. The average Bonchev–Trinajstić information content (AvgIpc) is 2.30. The van der Waals surface area contributed by atoms with Crippen LogP contribution in [0.5, 0.6) is 0 Å². The van der Waals surface area contributed by atoms with Gasteiger partial charge in [-0.3, -0.25) is 0 Å². The van der Waals surface area contributed by atoms with Crippen LogP contribution in [0.4, 0.5) is 0 Å². The van der Waals surface area contributed by atoms with Crippen LogP contribution >= 0.6 is 11.6 Å². The lowest BCUT2D eigenvalue weighted by Crippen LogP contribution is -2.12. The van der Waals surface area contributed by atoms with Gasteiger partial charge in [0.1, 0.15) is 0 Å². The van der Waals surface area contributed by atoms with Crippen molar-refractivity contribution in [2.75, 3.05) is 26.5 Å². The maximum absolute atomic E-state index is 5.64. The van der Waals surface area contributed by atoms with Crippen LogP contribution in [0, 0.1) is 0 Å². The zero-order valence-electron chi connectivity index (χ0n) is 12.0. The van der Waals surface area contributed by atoms with Gasteiger partial charge < -0.3 is 4.90 Å². The number of unbranched alkanes of at least 4 members (excludes halogenated alkanes) is 10. The van der Waals surface area contributed by atoms with E-state index < -0.39 is 0 Å². The molecule has 0 rings (SSSR count). The molecular formula is C15H32ClN. The van der Waals surface area contributed by atoms with Gasteiger partial charge in [-0.2, -0.15) is 0 Å². The fourth-order valence-corrected chi connectivity index (χ4v) is 2.30. The first-order chi connectivity index (χ1) is 8.27. The van der Waals surface area contributed by atoms with Gasteiger partial charge >= 0.3 is 0 Å². The molecule has 0 atom stereocenters. The Bertz CT molecular complexity index is 137. The van der Waals surface area contributed by atoms with E-state index >= 15 is 0 Å².